The fourth-order valence-corrected chi connectivity index (χ4v) is 3.69. The zero-order valence-electron chi connectivity index (χ0n) is 9.93. The van der Waals surface area contributed by atoms with Crippen LogP contribution in [0.5, 0.6) is 0 Å². The van der Waals surface area contributed by atoms with Crippen LogP contribution in [0.25, 0.3) is 11.4 Å². The van der Waals surface area contributed by atoms with Gasteiger partial charge >= 0.3 is 0 Å². The molecule has 0 N–H and O–H groups in total. The molecule has 0 bridgehead atoms. The Morgan fingerprint density at radius 2 is 2.16 bits per heavy atom. The first-order valence-corrected chi connectivity index (χ1v) is 7.86. The Hall–Kier alpha value is -1.46. The lowest BCUT2D eigenvalue weighted by atomic mass is 10.2. The molecular formula is C13H10ClN2O2S. The van der Waals surface area contributed by atoms with Gasteiger partial charge in [0, 0.05) is 10.6 Å². The van der Waals surface area contributed by atoms with Gasteiger partial charge in [-0.2, -0.15) is 0 Å². The summed E-state index contributed by atoms with van der Waals surface area (Å²) < 4.78 is 23.7. The number of rotatable bonds is 1. The van der Waals surface area contributed by atoms with Crippen molar-refractivity contribution in [2.24, 2.45) is 0 Å². The largest absolute Gasteiger partial charge is 0.232 e. The molecule has 3 rings (SSSR count). The monoisotopic (exact) mass is 293 g/mol. The zero-order chi connectivity index (χ0) is 13.5. The highest BCUT2D eigenvalue weighted by Gasteiger charge is 2.26. The number of hydrogen-bond donors (Lipinski definition) is 0. The molecule has 19 heavy (non-hydrogen) atoms. The topological polar surface area (TPSA) is 59.9 Å². The van der Waals surface area contributed by atoms with E-state index in [1.54, 1.807) is 18.2 Å². The highest BCUT2D eigenvalue weighted by atomic mass is 35.5. The number of halogens is 1. The van der Waals surface area contributed by atoms with Crippen LogP contribution in [0.15, 0.2) is 29.2 Å². The van der Waals surface area contributed by atoms with E-state index in [4.69, 9.17) is 11.6 Å². The van der Waals surface area contributed by atoms with Crippen LogP contribution in [0.3, 0.4) is 0 Å². The van der Waals surface area contributed by atoms with Crippen LogP contribution >= 0.6 is 11.6 Å². The van der Waals surface area contributed by atoms with Crippen molar-refractivity contribution in [3.63, 3.8) is 0 Å². The fraction of sp³-hybridized carbons (Fsp3) is 0.231. The maximum Gasteiger partial charge on any atom is 0.182 e. The molecule has 2 heterocycles. The predicted octanol–water partition coefficient (Wildman–Crippen LogP) is 2.32. The molecule has 0 unspecified atom stereocenters. The Kier molecular flexibility index (Phi) is 3.03. The summed E-state index contributed by atoms with van der Waals surface area (Å²) in [6.45, 7) is 0. The van der Waals surface area contributed by atoms with Crippen molar-refractivity contribution in [3.05, 3.63) is 41.2 Å². The van der Waals surface area contributed by atoms with Gasteiger partial charge in [0.2, 0.25) is 0 Å². The van der Waals surface area contributed by atoms with E-state index in [1.165, 1.54) is 0 Å². The highest BCUT2D eigenvalue weighted by molar-refractivity contribution is 7.91. The van der Waals surface area contributed by atoms with Crippen LogP contribution in [-0.2, 0) is 16.3 Å². The van der Waals surface area contributed by atoms with Crippen LogP contribution < -0.4 is 0 Å². The Morgan fingerprint density at radius 1 is 1.32 bits per heavy atom. The van der Waals surface area contributed by atoms with Gasteiger partial charge in [-0.3, -0.25) is 0 Å². The smallest absolute Gasteiger partial charge is 0.182 e. The van der Waals surface area contributed by atoms with E-state index < -0.39 is 9.84 Å². The third kappa shape index (κ3) is 2.35. The average molecular weight is 294 g/mol. The maximum absolute atomic E-state index is 11.8. The molecule has 0 spiro atoms. The molecule has 0 saturated heterocycles. The van der Waals surface area contributed by atoms with Crippen molar-refractivity contribution >= 4 is 21.4 Å². The first kappa shape index (κ1) is 12.6. The second-order valence-corrected chi connectivity index (χ2v) is 6.85. The summed E-state index contributed by atoms with van der Waals surface area (Å²) >= 11 is 5.92. The molecule has 1 aliphatic rings. The first-order valence-electron chi connectivity index (χ1n) is 5.83. The van der Waals surface area contributed by atoms with Crippen LogP contribution in [0.4, 0.5) is 0 Å². The Morgan fingerprint density at radius 3 is 2.95 bits per heavy atom. The van der Waals surface area contributed by atoms with Crippen molar-refractivity contribution in [3.8, 4) is 11.4 Å². The van der Waals surface area contributed by atoms with E-state index >= 15 is 0 Å². The fourth-order valence-electron chi connectivity index (χ4n) is 2.08. The molecule has 97 valence electrons. The molecule has 1 radical (unpaired) electrons. The summed E-state index contributed by atoms with van der Waals surface area (Å²) in [5, 5.41) is 0.589. The number of aryl methyl sites for hydroxylation is 1. The van der Waals surface area contributed by atoms with Gasteiger partial charge in [-0.1, -0.05) is 23.7 Å². The molecule has 1 aromatic carbocycles. The van der Waals surface area contributed by atoms with Gasteiger partial charge in [-0.05, 0) is 25.0 Å². The molecule has 6 heteroatoms. The lowest BCUT2D eigenvalue weighted by Gasteiger charge is -2.14. The van der Waals surface area contributed by atoms with Gasteiger partial charge in [0.15, 0.2) is 15.7 Å². The maximum atomic E-state index is 11.8. The van der Waals surface area contributed by atoms with Crippen LogP contribution in [0.1, 0.15) is 12.1 Å². The Balaban J connectivity index is 2.12. The summed E-state index contributed by atoms with van der Waals surface area (Å²) in [7, 11) is -3.26. The van der Waals surface area contributed by atoms with Crippen molar-refractivity contribution in [1.82, 2.24) is 9.97 Å². The van der Waals surface area contributed by atoms with Gasteiger partial charge in [0.1, 0.15) is 11.1 Å². The van der Waals surface area contributed by atoms with Crippen LogP contribution in [0, 0.1) is 6.20 Å². The number of hydrogen-bond acceptors (Lipinski definition) is 4. The number of benzene rings is 1. The van der Waals surface area contributed by atoms with Crippen molar-refractivity contribution in [2.75, 3.05) is 5.75 Å². The Labute approximate surface area is 116 Å². The van der Waals surface area contributed by atoms with E-state index in [1.807, 2.05) is 6.07 Å². The standard InChI is InChI=1S/C13H10ClN2O2S/c14-10-4-1-3-9(7-10)13-15-8-12-11(16-13)5-2-6-19(12,17)18/h1,3-4,7H,2,5-6H2. The van der Waals surface area contributed by atoms with E-state index in [0.29, 0.717) is 29.4 Å². The molecule has 0 atom stereocenters. The quantitative estimate of drug-likeness (QED) is 0.809. The third-order valence-corrected chi connectivity index (χ3v) is 5.00. The number of sulfone groups is 1. The summed E-state index contributed by atoms with van der Waals surface area (Å²) in [5.74, 6) is 0.606. The van der Waals surface area contributed by atoms with Gasteiger partial charge in [-0.25, -0.2) is 18.4 Å². The molecule has 4 nitrogen and oxygen atoms in total. The minimum Gasteiger partial charge on any atom is -0.232 e. The minimum atomic E-state index is -3.26. The number of nitrogens with zero attached hydrogens (tertiary/aromatic N) is 2. The molecule has 1 aromatic heterocycles. The molecule has 0 fully saturated rings. The average Bonchev–Trinajstić information content (AvgIpc) is 2.38. The minimum absolute atomic E-state index is 0.143. The summed E-state index contributed by atoms with van der Waals surface area (Å²) in [4.78, 5) is 8.51. The Bertz CT molecular complexity index is 744. The highest BCUT2D eigenvalue weighted by Crippen LogP contribution is 2.25. The summed E-state index contributed by atoms with van der Waals surface area (Å²) in [6.07, 6.45) is 3.85. The van der Waals surface area contributed by atoms with Gasteiger partial charge in [0.05, 0.1) is 11.4 Å². The van der Waals surface area contributed by atoms with Crippen molar-refractivity contribution in [2.45, 2.75) is 17.7 Å². The lowest BCUT2D eigenvalue weighted by Crippen LogP contribution is -2.18. The molecule has 0 amide bonds. The van der Waals surface area contributed by atoms with E-state index in [0.717, 1.165) is 5.56 Å². The van der Waals surface area contributed by atoms with Crippen molar-refractivity contribution < 1.29 is 8.42 Å². The summed E-state index contributed by atoms with van der Waals surface area (Å²) in [6, 6.07) is 7.14. The number of aromatic nitrogens is 2. The predicted molar refractivity (Wildman–Crippen MR) is 71.7 cm³/mol. The summed E-state index contributed by atoms with van der Waals surface area (Å²) in [5.41, 5.74) is 1.31. The third-order valence-electron chi connectivity index (χ3n) is 2.99. The van der Waals surface area contributed by atoms with Gasteiger partial charge in [0.25, 0.3) is 0 Å². The van der Waals surface area contributed by atoms with E-state index in [2.05, 4.69) is 16.2 Å². The van der Waals surface area contributed by atoms with Gasteiger partial charge in [-0.15, -0.1) is 0 Å². The van der Waals surface area contributed by atoms with Crippen molar-refractivity contribution in [1.29, 1.82) is 0 Å². The normalized spacial score (nSPS) is 16.9. The molecule has 1 aliphatic heterocycles. The lowest BCUT2D eigenvalue weighted by molar-refractivity contribution is 0.583. The van der Waals surface area contributed by atoms with E-state index in [-0.39, 0.29) is 10.6 Å². The number of fused-ring (bicyclic) bond motifs is 1. The zero-order valence-corrected chi connectivity index (χ0v) is 11.5. The molecular weight excluding hydrogens is 284 g/mol. The first-order chi connectivity index (χ1) is 9.06. The van der Waals surface area contributed by atoms with E-state index in [9.17, 15) is 8.42 Å². The second-order valence-electron chi connectivity index (χ2n) is 4.37. The molecule has 0 aliphatic carbocycles. The SMILES string of the molecule is O=S1(=O)CCCc2nc(-c3cccc(Cl)c3)n[c]c21. The molecule has 0 saturated carbocycles. The van der Waals surface area contributed by atoms with Crippen LogP contribution in [0.2, 0.25) is 5.02 Å². The molecule has 2 aromatic rings. The second kappa shape index (κ2) is 4.58. The van der Waals surface area contributed by atoms with Gasteiger partial charge < -0.3 is 0 Å². The van der Waals surface area contributed by atoms with Crippen LogP contribution in [-0.4, -0.2) is 24.1 Å².